The number of likely N-dealkylation sites (tertiary alicyclic amines) is 1. The van der Waals surface area contributed by atoms with Gasteiger partial charge in [0, 0.05) is 19.1 Å². The van der Waals surface area contributed by atoms with E-state index in [1.165, 1.54) is 32.5 Å². The average molecular weight is 244 g/mol. The van der Waals surface area contributed by atoms with Crippen LogP contribution in [0.4, 0.5) is 0 Å². The fraction of sp³-hybridized carbons (Fsp3) is 1.00. The van der Waals surface area contributed by atoms with Gasteiger partial charge in [-0.1, -0.05) is 13.8 Å². The molecule has 2 atom stereocenters. The number of rotatable bonds is 5. The summed E-state index contributed by atoms with van der Waals surface area (Å²) in [6, 6.07) is 0.750. The van der Waals surface area contributed by atoms with Gasteiger partial charge in [-0.3, -0.25) is 0 Å². The molecule has 1 rings (SSSR count). The Balaban J connectivity index is 2.40. The zero-order valence-corrected chi connectivity index (χ0v) is 12.2. The molecule has 0 aliphatic carbocycles. The van der Waals surface area contributed by atoms with Gasteiger partial charge in [-0.05, 0) is 51.1 Å². The van der Waals surface area contributed by atoms with Crippen molar-refractivity contribution in [1.82, 2.24) is 9.80 Å². The highest BCUT2D eigenvalue weighted by molar-refractivity contribution is 7.80. The first-order chi connectivity index (χ1) is 7.54. The lowest BCUT2D eigenvalue weighted by Crippen LogP contribution is -2.47. The van der Waals surface area contributed by atoms with E-state index in [4.69, 9.17) is 0 Å². The monoisotopic (exact) mass is 244 g/mol. The maximum atomic E-state index is 4.47. The number of thiol groups is 1. The van der Waals surface area contributed by atoms with E-state index in [1.54, 1.807) is 0 Å². The Morgan fingerprint density at radius 3 is 2.62 bits per heavy atom. The van der Waals surface area contributed by atoms with Crippen LogP contribution in [0.5, 0.6) is 0 Å². The van der Waals surface area contributed by atoms with Crippen molar-refractivity contribution in [2.45, 2.75) is 32.7 Å². The molecule has 3 heteroatoms. The van der Waals surface area contributed by atoms with E-state index in [-0.39, 0.29) is 0 Å². The summed E-state index contributed by atoms with van der Waals surface area (Å²) < 4.78 is 0. The molecule has 0 radical (unpaired) electrons. The Morgan fingerprint density at radius 2 is 2.12 bits per heavy atom. The molecule has 1 fully saturated rings. The first kappa shape index (κ1) is 14.3. The van der Waals surface area contributed by atoms with Crippen LogP contribution in [0.15, 0.2) is 0 Å². The molecule has 1 heterocycles. The van der Waals surface area contributed by atoms with Crippen molar-refractivity contribution in [1.29, 1.82) is 0 Å². The second kappa shape index (κ2) is 6.87. The molecule has 0 aromatic carbocycles. The molecule has 0 bridgehead atoms. The lowest BCUT2D eigenvalue weighted by molar-refractivity contribution is 0.115. The summed E-state index contributed by atoms with van der Waals surface area (Å²) in [4.78, 5) is 5.01. The number of likely N-dealkylation sites (N-methyl/N-ethyl adjacent to an activating group) is 2. The molecule has 1 aliphatic heterocycles. The summed E-state index contributed by atoms with van der Waals surface area (Å²) in [7, 11) is 4.52. The predicted octanol–water partition coefficient (Wildman–Crippen LogP) is 2.21. The summed E-state index contributed by atoms with van der Waals surface area (Å²) in [6.07, 6.45) is 2.71. The van der Waals surface area contributed by atoms with Gasteiger partial charge in [0.05, 0.1) is 0 Å². The molecular weight excluding hydrogens is 216 g/mol. The third-order valence-corrected chi connectivity index (χ3v) is 4.39. The molecule has 0 spiro atoms. The molecule has 2 unspecified atom stereocenters. The SMILES string of the molecule is CC(C)C(CS)CN(C)C1CCCN(C)C1. The second-order valence-electron chi connectivity index (χ2n) is 5.68. The van der Waals surface area contributed by atoms with Gasteiger partial charge < -0.3 is 9.80 Å². The van der Waals surface area contributed by atoms with E-state index in [2.05, 4.69) is 50.4 Å². The van der Waals surface area contributed by atoms with Gasteiger partial charge in [0.1, 0.15) is 0 Å². The smallest absolute Gasteiger partial charge is 0.0220 e. The van der Waals surface area contributed by atoms with Crippen LogP contribution < -0.4 is 0 Å². The van der Waals surface area contributed by atoms with Crippen LogP contribution in [0, 0.1) is 11.8 Å². The number of nitrogens with zero attached hydrogens (tertiary/aromatic N) is 2. The number of hydrogen-bond donors (Lipinski definition) is 1. The molecule has 0 aromatic rings. The van der Waals surface area contributed by atoms with Crippen LogP contribution in [0.2, 0.25) is 0 Å². The van der Waals surface area contributed by atoms with Crippen LogP contribution in [0.1, 0.15) is 26.7 Å². The lowest BCUT2D eigenvalue weighted by Gasteiger charge is -2.38. The van der Waals surface area contributed by atoms with Gasteiger partial charge in [0.2, 0.25) is 0 Å². The van der Waals surface area contributed by atoms with Gasteiger partial charge in [-0.25, -0.2) is 0 Å². The normalized spacial score (nSPS) is 25.3. The zero-order valence-electron chi connectivity index (χ0n) is 11.3. The third kappa shape index (κ3) is 4.27. The van der Waals surface area contributed by atoms with E-state index >= 15 is 0 Å². The van der Waals surface area contributed by atoms with Crippen molar-refractivity contribution in [3.8, 4) is 0 Å². The highest BCUT2D eigenvalue weighted by Gasteiger charge is 2.23. The fourth-order valence-electron chi connectivity index (χ4n) is 2.50. The van der Waals surface area contributed by atoms with Crippen LogP contribution in [0.25, 0.3) is 0 Å². The minimum absolute atomic E-state index is 0.723. The van der Waals surface area contributed by atoms with E-state index < -0.39 is 0 Å². The minimum atomic E-state index is 0.723. The fourth-order valence-corrected chi connectivity index (χ4v) is 3.03. The van der Waals surface area contributed by atoms with E-state index in [0.29, 0.717) is 0 Å². The summed E-state index contributed by atoms with van der Waals surface area (Å²) in [5.74, 6) is 2.46. The van der Waals surface area contributed by atoms with E-state index in [9.17, 15) is 0 Å². The third-order valence-electron chi connectivity index (χ3n) is 3.92. The van der Waals surface area contributed by atoms with Crippen molar-refractivity contribution in [2.24, 2.45) is 11.8 Å². The Morgan fingerprint density at radius 1 is 1.44 bits per heavy atom. The Hall–Kier alpha value is 0.270. The van der Waals surface area contributed by atoms with Gasteiger partial charge in [0.15, 0.2) is 0 Å². The maximum absolute atomic E-state index is 4.47. The number of piperidine rings is 1. The second-order valence-corrected chi connectivity index (χ2v) is 6.05. The molecule has 2 nitrogen and oxygen atoms in total. The van der Waals surface area contributed by atoms with Crippen LogP contribution >= 0.6 is 12.6 Å². The molecule has 1 saturated heterocycles. The topological polar surface area (TPSA) is 6.48 Å². The van der Waals surface area contributed by atoms with Gasteiger partial charge >= 0.3 is 0 Å². The molecule has 96 valence electrons. The quantitative estimate of drug-likeness (QED) is 0.741. The molecule has 1 aliphatic rings. The maximum Gasteiger partial charge on any atom is 0.0220 e. The highest BCUT2D eigenvalue weighted by atomic mass is 32.1. The number of hydrogen-bond acceptors (Lipinski definition) is 3. The van der Waals surface area contributed by atoms with Crippen molar-refractivity contribution in [2.75, 3.05) is 39.5 Å². The molecule has 0 N–H and O–H groups in total. The van der Waals surface area contributed by atoms with Crippen molar-refractivity contribution < 1.29 is 0 Å². The molecule has 16 heavy (non-hydrogen) atoms. The van der Waals surface area contributed by atoms with E-state index in [0.717, 1.165) is 23.6 Å². The Labute approximate surface area is 107 Å². The predicted molar refractivity (Wildman–Crippen MR) is 75.3 cm³/mol. The first-order valence-corrected chi connectivity index (χ1v) is 7.17. The van der Waals surface area contributed by atoms with E-state index in [1.807, 2.05) is 0 Å². The van der Waals surface area contributed by atoms with Crippen LogP contribution in [0.3, 0.4) is 0 Å². The molecule has 0 aromatic heterocycles. The van der Waals surface area contributed by atoms with Gasteiger partial charge in [-0.2, -0.15) is 12.6 Å². The Kier molecular flexibility index (Phi) is 6.16. The summed E-state index contributed by atoms with van der Waals surface area (Å²) in [6.45, 7) is 8.31. The summed E-state index contributed by atoms with van der Waals surface area (Å²) in [5.41, 5.74) is 0. The first-order valence-electron chi connectivity index (χ1n) is 6.54. The van der Waals surface area contributed by atoms with Crippen LogP contribution in [-0.2, 0) is 0 Å². The van der Waals surface area contributed by atoms with Crippen LogP contribution in [-0.4, -0.2) is 55.3 Å². The van der Waals surface area contributed by atoms with Crippen molar-refractivity contribution >= 4 is 12.6 Å². The van der Waals surface area contributed by atoms with Crippen molar-refractivity contribution in [3.63, 3.8) is 0 Å². The minimum Gasteiger partial charge on any atom is -0.305 e. The van der Waals surface area contributed by atoms with Crippen molar-refractivity contribution in [3.05, 3.63) is 0 Å². The summed E-state index contributed by atoms with van der Waals surface area (Å²) in [5, 5.41) is 0. The largest absolute Gasteiger partial charge is 0.305 e. The zero-order chi connectivity index (χ0) is 12.1. The lowest BCUT2D eigenvalue weighted by atomic mass is 9.96. The summed E-state index contributed by atoms with van der Waals surface area (Å²) >= 11 is 4.47. The molecular formula is C13H28N2S. The highest BCUT2D eigenvalue weighted by Crippen LogP contribution is 2.18. The Bertz CT molecular complexity index is 196. The molecule has 0 amide bonds. The molecule has 0 saturated carbocycles. The van der Waals surface area contributed by atoms with Gasteiger partial charge in [0.25, 0.3) is 0 Å². The standard InChI is InChI=1S/C13H28N2S/c1-11(2)12(10-16)8-15(4)13-6-5-7-14(3)9-13/h11-13,16H,5-10H2,1-4H3. The average Bonchev–Trinajstić information content (AvgIpc) is 2.25. The van der Waals surface area contributed by atoms with Gasteiger partial charge in [-0.15, -0.1) is 0 Å².